The molecule has 1 aliphatic heterocycles. The van der Waals surface area contributed by atoms with Crippen molar-refractivity contribution < 1.29 is 9.47 Å². The van der Waals surface area contributed by atoms with Crippen molar-refractivity contribution in [1.29, 1.82) is 0 Å². The molecule has 0 spiro atoms. The van der Waals surface area contributed by atoms with E-state index in [-0.39, 0.29) is 0 Å². The molecular formula is C20H22N2O2. The molecule has 4 nitrogen and oxygen atoms in total. The van der Waals surface area contributed by atoms with Crippen LogP contribution in [0, 0.1) is 0 Å². The van der Waals surface area contributed by atoms with E-state index in [9.17, 15) is 0 Å². The molecule has 1 aliphatic rings. The highest BCUT2D eigenvalue weighted by Gasteiger charge is 2.02. The van der Waals surface area contributed by atoms with Crippen LogP contribution in [0.25, 0.3) is 0 Å². The lowest BCUT2D eigenvalue weighted by molar-refractivity contribution is 0.312. The van der Waals surface area contributed by atoms with Gasteiger partial charge < -0.3 is 9.47 Å². The molecule has 0 saturated carbocycles. The van der Waals surface area contributed by atoms with Crippen LogP contribution in [0.1, 0.15) is 24.0 Å². The summed E-state index contributed by atoms with van der Waals surface area (Å²) in [5.74, 6) is 1.75. The molecule has 0 amide bonds. The summed E-state index contributed by atoms with van der Waals surface area (Å²) in [6, 6.07) is 16.0. The zero-order chi connectivity index (χ0) is 16.5. The number of benzene rings is 2. The Morgan fingerprint density at radius 2 is 1.08 bits per heavy atom. The lowest BCUT2D eigenvalue weighted by Crippen LogP contribution is -2.04. The van der Waals surface area contributed by atoms with E-state index in [1.807, 2.05) is 61.0 Å². The molecule has 1 heterocycles. The van der Waals surface area contributed by atoms with E-state index in [2.05, 4.69) is 9.98 Å². The molecule has 0 bridgehead atoms. The zero-order valence-electron chi connectivity index (χ0n) is 13.7. The molecule has 4 heteroatoms. The molecule has 0 radical (unpaired) electrons. The Bertz CT molecular complexity index is 649. The fourth-order valence-electron chi connectivity index (χ4n) is 2.44. The maximum absolute atomic E-state index is 5.87. The van der Waals surface area contributed by atoms with Gasteiger partial charge in [0.1, 0.15) is 11.5 Å². The fourth-order valence-corrected chi connectivity index (χ4v) is 2.44. The van der Waals surface area contributed by atoms with Crippen LogP contribution in [0.2, 0.25) is 0 Å². The highest BCUT2D eigenvalue weighted by Crippen LogP contribution is 2.17. The average molecular weight is 322 g/mol. The van der Waals surface area contributed by atoms with Crippen molar-refractivity contribution in [2.75, 3.05) is 26.3 Å². The predicted octanol–water partition coefficient (Wildman–Crippen LogP) is 3.78. The van der Waals surface area contributed by atoms with Gasteiger partial charge >= 0.3 is 0 Å². The average Bonchev–Trinajstić information content (AvgIpc) is 2.62. The van der Waals surface area contributed by atoms with Gasteiger partial charge in [0.15, 0.2) is 0 Å². The summed E-state index contributed by atoms with van der Waals surface area (Å²) >= 11 is 0. The van der Waals surface area contributed by atoms with Gasteiger partial charge in [-0.2, -0.15) is 0 Å². The SMILES string of the molecule is C1=NCCCOc2ccccc2C=NCCCOc2ccccc21. The van der Waals surface area contributed by atoms with Crippen molar-refractivity contribution in [3.8, 4) is 11.5 Å². The smallest absolute Gasteiger partial charge is 0.128 e. The molecule has 0 aromatic heterocycles. The first kappa shape index (κ1) is 16.2. The van der Waals surface area contributed by atoms with Crippen molar-refractivity contribution in [2.45, 2.75) is 12.8 Å². The van der Waals surface area contributed by atoms with Crippen molar-refractivity contribution in [1.82, 2.24) is 0 Å². The number of fused-ring (bicyclic) bond motifs is 2. The minimum Gasteiger partial charge on any atom is -0.493 e. The third-order valence-electron chi connectivity index (χ3n) is 3.68. The lowest BCUT2D eigenvalue weighted by Gasteiger charge is -2.10. The molecular weight excluding hydrogens is 300 g/mol. The van der Waals surface area contributed by atoms with Gasteiger partial charge in [0.05, 0.1) is 13.2 Å². The summed E-state index contributed by atoms with van der Waals surface area (Å²) in [7, 11) is 0. The molecule has 0 saturated heterocycles. The minimum atomic E-state index is 0.639. The Hall–Kier alpha value is -2.62. The normalized spacial score (nSPS) is 15.7. The number of hydrogen-bond donors (Lipinski definition) is 0. The van der Waals surface area contributed by atoms with Crippen LogP contribution in [0.5, 0.6) is 11.5 Å². The van der Waals surface area contributed by atoms with Crippen molar-refractivity contribution in [2.24, 2.45) is 9.98 Å². The van der Waals surface area contributed by atoms with E-state index in [1.165, 1.54) is 0 Å². The van der Waals surface area contributed by atoms with Gasteiger partial charge in [-0.1, -0.05) is 24.3 Å². The molecule has 0 N–H and O–H groups in total. The highest BCUT2D eigenvalue weighted by atomic mass is 16.5. The van der Waals surface area contributed by atoms with Gasteiger partial charge in [0, 0.05) is 49.5 Å². The summed E-state index contributed by atoms with van der Waals surface area (Å²) in [4.78, 5) is 8.97. The minimum absolute atomic E-state index is 0.639. The number of hydrogen-bond acceptors (Lipinski definition) is 4. The van der Waals surface area contributed by atoms with E-state index >= 15 is 0 Å². The van der Waals surface area contributed by atoms with Crippen molar-refractivity contribution >= 4 is 12.4 Å². The van der Waals surface area contributed by atoms with E-state index in [1.54, 1.807) is 0 Å². The van der Waals surface area contributed by atoms with Crippen LogP contribution in [-0.4, -0.2) is 38.7 Å². The highest BCUT2D eigenvalue weighted by molar-refractivity contribution is 5.84. The summed E-state index contributed by atoms with van der Waals surface area (Å²) in [5, 5.41) is 0. The number of ether oxygens (including phenoxy) is 2. The first-order valence-corrected chi connectivity index (χ1v) is 8.37. The molecule has 0 atom stereocenters. The largest absolute Gasteiger partial charge is 0.493 e. The third kappa shape index (κ3) is 4.69. The Kier molecular flexibility index (Phi) is 6.00. The van der Waals surface area contributed by atoms with Gasteiger partial charge in [-0.15, -0.1) is 0 Å². The first-order valence-electron chi connectivity index (χ1n) is 8.37. The number of aliphatic imine (C=N–C) groups is 2. The molecule has 0 unspecified atom stereocenters. The lowest BCUT2D eigenvalue weighted by atomic mass is 10.2. The molecule has 3 rings (SSSR count). The summed E-state index contributed by atoms with van der Waals surface area (Å²) in [5.41, 5.74) is 2.03. The molecule has 2 aromatic carbocycles. The second-order valence-electron chi connectivity index (χ2n) is 5.55. The van der Waals surface area contributed by atoms with Gasteiger partial charge in [0.25, 0.3) is 0 Å². The number of para-hydroxylation sites is 2. The first-order chi connectivity index (χ1) is 11.9. The Balaban J connectivity index is 1.71. The molecule has 24 heavy (non-hydrogen) atoms. The summed E-state index contributed by atoms with van der Waals surface area (Å²) in [6.45, 7) is 2.73. The summed E-state index contributed by atoms with van der Waals surface area (Å²) < 4.78 is 11.7. The second kappa shape index (κ2) is 8.87. The van der Waals surface area contributed by atoms with Crippen molar-refractivity contribution in [3.05, 3.63) is 59.7 Å². The second-order valence-corrected chi connectivity index (χ2v) is 5.55. The molecule has 124 valence electrons. The Morgan fingerprint density at radius 1 is 0.625 bits per heavy atom. The maximum atomic E-state index is 5.87. The van der Waals surface area contributed by atoms with Crippen LogP contribution in [0.3, 0.4) is 0 Å². The molecule has 0 aliphatic carbocycles. The Labute approximate surface area is 142 Å². The van der Waals surface area contributed by atoms with Crippen LogP contribution in [0.4, 0.5) is 0 Å². The summed E-state index contributed by atoms with van der Waals surface area (Å²) in [6.07, 6.45) is 5.50. The van der Waals surface area contributed by atoms with Gasteiger partial charge in [-0.05, 0) is 24.3 Å². The van der Waals surface area contributed by atoms with Crippen molar-refractivity contribution in [3.63, 3.8) is 0 Å². The van der Waals surface area contributed by atoms with Gasteiger partial charge in [0.2, 0.25) is 0 Å². The van der Waals surface area contributed by atoms with E-state index < -0.39 is 0 Å². The van der Waals surface area contributed by atoms with E-state index in [0.717, 1.165) is 48.6 Å². The van der Waals surface area contributed by atoms with Gasteiger partial charge in [-0.25, -0.2) is 0 Å². The van der Waals surface area contributed by atoms with Crippen LogP contribution in [-0.2, 0) is 0 Å². The fraction of sp³-hybridized carbons (Fsp3) is 0.300. The van der Waals surface area contributed by atoms with Gasteiger partial charge in [-0.3, -0.25) is 9.98 Å². The monoisotopic (exact) mass is 322 g/mol. The van der Waals surface area contributed by atoms with E-state index in [4.69, 9.17) is 9.47 Å². The Morgan fingerprint density at radius 3 is 1.58 bits per heavy atom. The predicted molar refractivity (Wildman–Crippen MR) is 98.0 cm³/mol. The van der Waals surface area contributed by atoms with Crippen LogP contribution < -0.4 is 9.47 Å². The topological polar surface area (TPSA) is 43.2 Å². The number of nitrogens with zero attached hydrogens (tertiary/aromatic N) is 2. The van der Waals surface area contributed by atoms with Crippen LogP contribution >= 0.6 is 0 Å². The quantitative estimate of drug-likeness (QED) is 0.741. The maximum Gasteiger partial charge on any atom is 0.128 e. The molecule has 2 aromatic rings. The third-order valence-corrected chi connectivity index (χ3v) is 3.68. The van der Waals surface area contributed by atoms with Crippen LogP contribution in [0.15, 0.2) is 58.5 Å². The standard InChI is InChI=1S/C20H22N2O2/c1-3-9-19-17(7-1)15-21-11-5-14-24-20-10-4-2-8-18(20)16-22-12-6-13-23-19/h1-4,7-10,15-16H,5-6,11-14H2. The van der Waals surface area contributed by atoms with E-state index in [0.29, 0.717) is 13.2 Å². The zero-order valence-corrected chi connectivity index (χ0v) is 13.7. The number of rotatable bonds is 0. The molecule has 0 fully saturated rings.